The number of nitriles is 1. The van der Waals surface area contributed by atoms with Gasteiger partial charge >= 0.3 is 0 Å². The quantitative estimate of drug-likeness (QED) is 0.419. The zero-order valence-corrected chi connectivity index (χ0v) is 22.1. The van der Waals surface area contributed by atoms with Crippen molar-refractivity contribution in [2.75, 3.05) is 55.2 Å². The SMILES string of the molecule is Cc1cc(C#N)nc(N2CCN(Sc3ccc(NC(=O)c4ccccc4NSN(C)C)cc3)CC2)n1. The number of rotatable bonds is 8. The molecule has 0 spiro atoms. The Morgan fingerprint density at radius 3 is 2.47 bits per heavy atom. The lowest BCUT2D eigenvalue weighted by Gasteiger charge is -2.33. The molecular formula is C25H28N8OS2. The molecule has 1 fully saturated rings. The maximum Gasteiger partial charge on any atom is 0.257 e. The summed E-state index contributed by atoms with van der Waals surface area (Å²) in [5.41, 5.74) is 3.29. The van der Waals surface area contributed by atoms with Crippen LogP contribution in [-0.4, -0.2) is 64.8 Å². The van der Waals surface area contributed by atoms with Gasteiger partial charge in [-0.1, -0.05) is 12.1 Å². The normalized spacial score (nSPS) is 13.9. The fourth-order valence-electron chi connectivity index (χ4n) is 3.59. The van der Waals surface area contributed by atoms with Crippen LogP contribution in [0.4, 0.5) is 17.3 Å². The first-order valence-corrected chi connectivity index (χ1v) is 13.0. The molecule has 0 aliphatic carbocycles. The number of carbonyl (C=O) groups excluding carboxylic acids is 1. The van der Waals surface area contributed by atoms with Gasteiger partial charge in [0.25, 0.3) is 5.91 Å². The Labute approximate surface area is 220 Å². The molecule has 0 bridgehead atoms. The second-order valence-electron chi connectivity index (χ2n) is 8.34. The predicted octanol–water partition coefficient (Wildman–Crippen LogP) is 4.28. The summed E-state index contributed by atoms with van der Waals surface area (Å²) in [4.78, 5) is 24.9. The highest BCUT2D eigenvalue weighted by Crippen LogP contribution is 2.27. The van der Waals surface area contributed by atoms with Crippen molar-refractivity contribution >= 4 is 47.3 Å². The number of piperazine rings is 1. The molecular weight excluding hydrogens is 492 g/mol. The summed E-state index contributed by atoms with van der Waals surface area (Å²) in [6, 6.07) is 19.1. The number of aryl methyl sites for hydroxylation is 1. The van der Waals surface area contributed by atoms with Gasteiger partial charge in [-0.05, 0) is 75.4 Å². The van der Waals surface area contributed by atoms with Crippen molar-refractivity contribution < 1.29 is 4.79 Å². The zero-order chi connectivity index (χ0) is 25.5. The third kappa shape index (κ3) is 6.89. The Bertz CT molecular complexity index is 1240. The molecule has 1 aromatic heterocycles. The summed E-state index contributed by atoms with van der Waals surface area (Å²) in [6.07, 6.45) is 0. The molecule has 3 aromatic rings. The van der Waals surface area contributed by atoms with E-state index in [-0.39, 0.29) is 5.91 Å². The van der Waals surface area contributed by atoms with Crippen LogP contribution in [0.3, 0.4) is 0 Å². The third-order valence-electron chi connectivity index (χ3n) is 5.33. The number of anilines is 3. The number of amides is 1. The number of benzene rings is 2. The highest BCUT2D eigenvalue weighted by atomic mass is 32.2. The Kier molecular flexibility index (Phi) is 8.66. The van der Waals surface area contributed by atoms with Crippen LogP contribution >= 0.6 is 24.1 Å². The van der Waals surface area contributed by atoms with Gasteiger partial charge in [-0.15, -0.1) is 0 Å². The van der Waals surface area contributed by atoms with Crippen molar-refractivity contribution in [3.05, 3.63) is 71.5 Å². The molecule has 11 heteroatoms. The second kappa shape index (κ2) is 12.1. The molecule has 2 heterocycles. The molecule has 1 saturated heterocycles. The number of hydrogen-bond acceptors (Lipinski definition) is 10. The third-order valence-corrected chi connectivity index (χ3v) is 7.12. The van der Waals surface area contributed by atoms with E-state index in [9.17, 15) is 4.79 Å². The molecule has 1 amide bonds. The summed E-state index contributed by atoms with van der Waals surface area (Å²) in [6.45, 7) is 5.14. The Morgan fingerprint density at radius 2 is 1.78 bits per heavy atom. The average Bonchev–Trinajstić information content (AvgIpc) is 2.88. The lowest BCUT2D eigenvalue weighted by Crippen LogP contribution is -2.44. The minimum absolute atomic E-state index is 0.160. The highest BCUT2D eigenvalue weighted by Gasteiger charge is 2.20. The molecule has 186 valence electrons. The van der Waals surface area contributed by atoms with Crippen LogP contribution in [-0.2, 0) is 0 Å². The number of nitrogens with zero attached hydrogens (tertiary/aromatic N) is 6. The average molecular weight is 521 g/mol. The summed E-state index contributed by atoms with van der Waals surface area (Å²) in [5.74, 6) is 0.459. The Balaban J connectivity index is 1.31. The number of hydrogen-bond donors (Lipinski definition) is 2. The minimum atomic E-state index is -0.160. The molecule has 0 saturated carbocycles. The first-order chi connectivity index (χ1) is 17.4. The Morgan fingerprint density at radius 1 is 1.06 bits per heavy atom. The van der Waals surface area contributed by atoms with E-state index >= 15 is 0 Å². The monoisotopic (exact) mass is 520 g/mol. The largest absolute Gasteiger partial charge is 0.338 e. The molecule has 9 nitrogen and oxygen atoms in total. The summed E-state index contributed by atoms with van der Waals surface area (Å²) in [5, 5.41) is 12.2. The van der Waals surface area contributed by atoms with Crippen LogP contribution in [0.5, 0.6) is 0 Å². The second-order valence-corrected chi connectivity index (χ2v) is 10.6. The van der Waals surface area contributed by atoms with Crippen molar-refractivity contribution in [3.63, 3.8) is 0 Å². The summed E-state index contributed by atoms with van der Waals surface area (Å²) in [7, 11) is 3.87. The number of carbonyl (C=O) groups is 1. The van der Waals surface area contributed by atoms with E-state index in [1.165, 1.54) is 12.1 Å². The molecule has 1 aliphatic rings. The van der Waals surface area contributed by atoms with Gasteiger partial charge in [-0.3, -0.25) is 4.79 Å². The van der Waals surface area contributed by atoms with Crippen molar-refractivity contribution in [2.45, 2.75) is 11.8 Å². The molecule has 0 unspecified atom stereocenters. The van der Waals surface area contributed by atoms with Gasteiger partial charge < -0.3 is 14.9 Å². The van der Waals surface area contributed by atoms with Crippen LogP contribution in [0.2, 0.25) is 0 Å². The first kappa shape index (κ1) is 25.8. The standard InChI is InChI=1S/C25H28N8OS2/c1-18-16-20(17-26)29-25(27-18)32-12-14-33(15-13-32)35-21-10-8-19(9-11-21)28-24(34)22-6-4-5-7-23(22)30-36-31(2)3/h4-11,16,30H,12-15H2,1-3H3,(H,28,34). The van der Waals surface area contributed by atoms with E-state index in [1.807, 2.05) is 67.8 Å². The fraction of sp³-hybridized carbons (Fsp3) is 0.280. The number of nitrogens with one attached hydrogen (secondary N) is 2. The lowest BCUT2D eigenvalue weighted by molar-refractivity contribution is 0.102. The first-order valence-electron chi connectivity index (χ1n) is 11.5. The summed E-state index contributed by atoms with van der Waals surface area (Å²) >= 11 is 3.11. The van der Waals surface area contributed by atoms with Crippen LogP contribution in [0.1, 0.15) is 21.7 Å². The molecule has 2 N–H and O–H groups in total. The molecule has 4 rings (SSSR count). The molecule has 36 heavy (non-hydrogen) atoms. The van der Waals surface area contributed by atoms with Crippen LogP contribution in [0, 0.1) is 18.3 Å². The van der Waals surface area contributed by atoms with Crippen LogP contribution in [0.15, 0.2) is 59.5 Å². The predicted molar refractivity (Wildman–Crippen MR) is 147 cm³/mol. The van der Waals surface area contributed by atoms with Crippen LogP contribution < -0.4 is 14.9 Å². The van der Waals surface area contributed by atoms with Gasteiger partial charge in [-0.25, -0.2) is 18.6 Å². The van der Waals surface area contributed by atoms with Crippen molar-refractivity contribution in [3.8, 4) is 6.07 Å². The maximum atomic E-state index is 12.9. The summed E-state index contributed by atoms with van der Waals surface area (Å²) < 4.78 is 7.43. The number of aromatic nitrogens is 2. The van der Waals surface area contributed by atoms with E-state index in [1.54, 1.807) is 24.1 Å². The van der Waals surface area contributed by atoms with Crippen LogP contribution in [0.25, 0.3) is 0 Å². The molecule has 0 atom stereocenters. The van der Waals surface area contributed by atoms with E-state index < -0.39 is 0 Å². The molecule has 2 aromatic carbocycles. The van der Waals surface area contributed by atoms with E-state index in [4.69, 9.17) is 5.26 Å². The van der Waals surface area contributed by atoms with Gasteiger partial charge in [0, 0.05) is 54.6 Å². The number of para-hydroxylation sites is 1. The maximum absolute atomic E-state index is 12.9. The van der Waals surface area contributed by atoms with E-state index in [2.05, 4.69) is 35.3 Å². The molecule has 1 aliphatic heterocycles. The van der Waals surface area contributed by atoms with Gasteiger partial charge in [0.2, 0.25) is 5.95 Å². The van der Waals surface area contributed by atoms with E-state index in [0.717, 1.165) is 48.1 Å². The van der Waals surface area contributed by atoms with Gasteiger partial charge in [0.1, 0.15) is 11.8 Å². The van der Waals surface area contributed by atoms with Crippen molar-refractivity contribution in [1.82, 2.24) is 18.6 Å². The van der Waals surface area contributed by atoms with E-state index in [0.29, 0.717) is 17.2 Å². The highest BCUT2D eigenvalue weighted by molar-refractivity contribution is 7.98. The lowest BCUT2D eigenvalue weighted by atomic mass is 10.1. The Hall–Kier alpha value is -3.30. The van der Waals surface area contributed by atoms with Gasteiger partial charge in [0.15, 0.2) is 0 Å². The van der Waals surface area contributed by atoms with Crippen molar-refractivity contribution in [1.29, 1.82) is 5.26 Å². The fourth-order valence-corrected chi connectivity index (χ4v) is 4.95. The smallest absolute Gasteiger partial charge is 0.257 e. The van der Waals surface area contributed by atoms with Gasteiger partial charge in [0.05, 0.1) is 11.3 Å². The molecule has 0 radical (unpaired) electrons. The zero-order valence-electron chi connectivity index (χ0n) is 20.4. The topological polar surface area (TPSA) is 100 Å². The van der Waals surface area contributed by atoms with Crippen molar-refractivity contribution in [2.24, 2.45) is 0 Å². The van der Waals surface area contributed by atoms with Gasteiger partial charge in [-0.2, -0.15) is 5.26 Å². The minimum Gasteiger partial charge on any atom is -0.338 e.